The summed E-state index contributed by atoms with van der Waals surface area (Å²) in [5, 5.41) is 2.13. The van der Waals surface area contributed by atoms with E-state index in [9.17, 15) is 0 Å². The van der Waals surface area contributed by atoms with Gasteiger partial charge in [-0.3, -0.25) is 4.98 Å². The van der Waals surface area contributed by atoms with Crippen LogP contribution in [0.1, 0.15) is 36.6 Å². The van der Waals surface area contributed by atoms with Gasteiger partial charge < -0.3 is 4.42 Å². The third-order valence-corrected chi connectivity index (χ3v) is 5.73. The molecule has 0 saturated heterocycles. The molecule has 0 fully saturated rings. The number of aromatic nitrogens is 2. The highest BCUT2D eigenvalue weighted by Gasteiger charge is 2.17. The highest BCUT2D eigenvalue weighted by Crippen LogP contribution is 2.38. The molecular formula is C27H24N2O. The minimum absolute atomic E-state index is 0.358. The van der Waals surface area contributed by atoms with E-state index >= 15 is 0 Å². The normalized spacial score (nSPS) is 11.6. The van der Waals surface area contributed by atoms with Crippen LogP contribution in [0, 0.1) is 13.8 Å². The van der Waals surface area contributed by atoms with Crippen molar-refractivity contribution in [2.75, 3.05) is 0 Å². The molecule has 0 bridgehead atoms. The summed E-state index contributed by atoms with van der Waals surface area (Å²) >= 11 is 0. The van der Waals surface area contributed by atoms with Crippen molar-refractivity contribution in [2.45, 2.75) is 33.6 Å². The predicted octanol–water partition coefficient (Wildman–Crippen LogP) is 7.45. The van der Waals surface area contributed by atoms with E-state index in [2.05, 4.69) is 88.4 Å². The zero-order chi connectivity index (χ0) is 20.8. The van der Waals surface area contributed by atoms with Crippen molar-refractivity contribution >= 4 is 22.1 Å². The van der Waals surface area contributed by atoms with Gasteiger partial charge in [0.15, 0.2) is 0 Å². The summed E-state index contributed by atoms with van der Waals surface area (Å²) < 4.78 is 6.32. The standard InChI is InChI=1S/C27H24N2O/c1-16(2)23-12-11-22-21-10-7-18(4)25(26(21)30-27(22)29-23)24-15-20(13-14-28-24)19-8-5-17(3)6-9-19/h5-16H,1-4H3. The van der Waals surface area contributed by atoms with Crippen LogP contribution in [0.3, 0.4) is 0 Å². The molecule has 0 spiro atoms. The maximum Gasteiger partial charge on any atom is 0.227 e. The summed E-state index contributed by atoms with van der Waals surface area (Å²) in [4.78, 5) is 9.46. The van der Waals surface area contributed by atoms with Crippen molar-refractivity contribution in [1.29, 1.82) is 0 Å². The maximum atomic E-state index is 6.32. The van der Waals surface area contributed by atoms with Crippen molar-refractivity contribution in [2.24, 2.45) is 0 Å². The summed E-state index contributed by atoms with van der Waals surface area (Å²) in [5.41, 5.74) is 9.26. The largest absolute Gasteiger partial charge is 0.437 e. The Balaban J connectivity index is 1.72. The summed E-state index contributed by atoms with van der Waals surface area (Å²) in [5.74, 6) is 0.358. The predicted molar refractivity (Wildman–Crippen MR) is 124 cm³/mol. The fourth-order valence-electron chi connectivity index (χ4n) is 3.97. The molecule has 0 aliphatic rings. The minimum atomic E-state index is 0.358. The van der Waals surface area contributed by atoms with Gasteiger partial charge in [-0.2, -0.15) is 0 Å². The molecule has 0 unspecified atom stereocenters. The van der Waals surface area contributed by atoms with Crippen LogP contribution in [0.15, 0.2) is 71.3 Å². The summed E-state index contributed by atoms with van der Waals surface area (Å²) in [6, 6.07) is 21.3. The molecule has 0 aliphatic carbocycles. The second-order valence-electron chi connectivity index (χ2n) is 8.28. The Morgan fingerprint density at radius 2 is 1.57 bits per heavy atom. The van der Waals surface area contributed by atoms with Crippen LogP contribution in [0.4, 0.5) is 0 Å². The highest BCUT2D eigenvalue weighted by atomic mass is 16.3. The third kappa shape index (κ3) is 3.07. The molecule has 2 aromatic carbocycles. The fraction of sp³-hybridized carbons (Fsp3) is 0.185. The van der Waals surface area contributed by atoms with E-state index < -0.39 is 0 Å². The van der Waals surface area contributed by atoms with Gasteiger partial charge in [-0.1, -0.05) is 55.8 Å². The number of nitrogens with zero attached hydrogens (tertiary/aromatic N) is 2. The van der Waals surface area contributed by atoms with Gasteiger partial charge in [0.2, 0.25) is 5.71 Å². The topological polar surface area (TPSA) is 38.9 Å². The average Bonchev–Trinajstić information content (AvgIpc) is 3.11. The van der Waals surface area contributed by atoms with E-state index in [1.807, 2.05) is 6.20 Å². The van der Waals surface area contributed by atoms with E-state index in [1.54, 1.807) is 0 Å². The molecule has 5 rings (SSSR count). The van der Waals surface area contributed by atoms with Crippen LogP contribution in [-0.4, -0.2) is 9.97 Å². The molecule has 0 N–H and O–H groups in total. The first-order valence-electron chi connectivity index (χ1n) is 10.4. The first-order valence-corrected chi connectivity index (χ1v) is 10.4. The van der Waals surface area contributed by atoms with Gasteiger partial charge in [0.25, 0.3) is 0 Å². The molecule has 148 valence electrons. The van der Waals surface area contributed by atoms with Gasteiger partial charge in [0.05, 0.1) is 5.69 Å². The van der Waals surface area contributed by atoms with Crippen LogP contribution in [0.25, 0.3) is 44.5 Å². The molecule has 3 heterocycles. The fourth-order valence-corrected chi connectivity index (χ4v) is 3.97. The Kier molecular flexibility index (Phi) is 4.39. The monoisotopic (exact) mass is 392 g/mol. The van der Waals surface area contributed by atoms with Crippen LogP contribution >= 0.6 is 0 Å². The second-order valence-corrected chi connectivity index (χ2v) is 8.28. The Morgan fingerprint density at radius 3 is 2.33 bits per heavy atom. The number of hydrogen-bond donors (Lipinski definition) is 0. The molecule has 3 aromatic heterocycles. The van der Waals surface area contributed by atoms with Gasteiger partial charge in [-0.05, 0) is 60.7 Å². The van der Waals surface area contributed by atoms with Crippen LogP contribution < -0.4 is 0 Å². The third-order valence-electron chi connectivity index (χ3n) is 5.73. The molecule has 0 amide bonds. The van der Waals surface area contributed by atoms with Crippen molar-refractivity contribution in [3.63, 3.8) is 0 Å². The lowest BCUT2D eigenvalue weighted by Gasteiger charge is -2.09. The molecule has 0 radical (unpaired) electrons. The number of pyridine rings is 2. The summed E-state index contributed by atoms with van der Waals surface area (Å²) in [6.45, 7) is 8.50. The zero-order valence-electron chi connectivity index (χ0n) is 17.7. The zero-order valence-corrected chi connectivity index (χ0v) is 17.7. The quantitative estimate of drug-likeness (QED) is 0.320. The van der Waals surface area contributed by atoms with Crippen LogP contribution in [-0.2, 0) is 0 Å². The number of benzene rings is 2. The molecule has 3 nitrogen and oxygen atoms in total. The van der Waals surface area contributed by atoms with E-state index in [4.69, 9.17) is 14.4 Å². The number of hydrogen-bond acceptors (Lipinski definition) is 3. The SMILES string of the molecule is Cc1ccc(-c2ccnc(-c3c(C)ccc4c3oc3nc(C(C)C)ccc34)c2)cc1. The molecule has 3 heteroatoms. The Hall–Kier alpha value is -3.46. The molecular weight excluding hydrogens is 368 g/mol. The van der Waals surface area contributed by atoms with Gasteiger partial charge in [-0.25, -0.2) is 4.98 Å². The molecule has 0 saturated carbocycles. The number of furan rings is 1. The number of fused-ring (bicyclic) bond motifs is 3. The number of aryl methyl sites for hydroxylation is 2. The first-order chi connectivity index (χ1) is 14.5. The lowest BCUT2D eigenvalue weighted by atomic mass is 9.98. The average molecular weight is 393 g/mol. The van der Waals surface area contributed by atoms with Gasteiger partial charge in [0, 0.05) is 28.2 Å². The Labute approximate surface area is 176 Å². The lowest BCUT2D eigenvalue weighted by Crippen LogP contribution is -1.90. The molecule has 30 heavy (non-hydrogen) atoms. The molecule has 0 atom stereocenters. The minimum Gasteiger partial charge on any atom is -0.437 e. The van der Waals surface area contributed by atoms with Crippen LogP contribution in [0.5, 0.6) is 0 Å². The van der Waals surface area contributed by atoms with Crippen molar-refractivity contribution in [3.8, 4) is 22.4 Å². The maximum absolute atomic E-state index is 6.32. The second kappa shape index (κ2) is 7.10. The van der Waals surface area contributed by atoms with E-state index in [0.717, 1.165) is 44.4 Å². The van der Waals surface area contributed by atoms with Crippen molar-refractivity contribution < 1.29 is 4.42 Å². The highest BCUT2D eigenvalue weighted by molar-refractivity contribution is 6.09. The van der Waals surface area contributed by atoms with E-state index in [0.29, 0.717) is 11.6 Å². The van der Waals surface area contributed by atoms with Crippen molar-refractivity contribution in [3.05, 3.63) is 83.7 Å². The van der Waals surface area contributed by atoms with Gasteiger partial charge >= 0.3 is 0 Å². The van der Waals surface area contributed by atoms with Crippen LogP contribution in [0.2, 0.25) is 0 Å². The van der Waals surface area contributed by atoms with Crippen molar-refractivity contribution in [1.82, 2.24) is 9.97 Å². The lowest BCUT2D eigenvalue weighted by molar-refractivity contribution is 0.648. The first kappa shape index (κ1) is 18.6. The van der Waals surface area contributed by atoms with E-state index in [1.165, 1.54) is 11.1 Å². The summed E-state index contributed by atoms with van der Waals surface area (Å²) in [6.07, 6.45) is 1.88. The summed E-state index contributed by atoms with van der Waals surface area (Å²) in [7, 11) is 0. The van der Waals surface area contributed by atoms with Gasteiger partial charge in [-0.15, -0.1) is 0 Å². The van der Waals surface area contributed by atoms with Gasteiger partial charge in [0.1, 0.15) is 5.58 Å². The molecule has 0 aliphatic heterocycles. The Morgan fingerprint density at radius 1 is 0.800 bits per heavy atom. The number of rotatable bonds is 3. The van der Waals surface area contributed by atoms with E-state index in [-0.39, 0.29) is 0 Å². The Bertz CT molecular complexity index is 1380. The smallest absolute Gasteiger partial charge is 0.227 e. The molecule has 5 aromatic rings.